The average molecular weight is 427 g/mol. The lowest BCUT2D eigenvalue weighted by Crippen LogP contribution is -2.42. The summed E-state index contributed by atoms with van der Waals surface area (Å²) in [7, 11) is 0. The highest BCUT2D eigenvalue weighted by atomic mass is 32.2. The number of para-hydroxylation sites is 1. The van der Waals surface area contributed by atoms with Gasteiger partial charge in [-0.15, -0.1) is 0 Å². The van der Waals surface area contributed by atoms with Crippen molar-refractivity contribution in [1.82, 2.24) is 20.4 Å². The van der Waals surface area contributed by atoms with Gasteiger partial charge in [-0.1, -0.05) is 23.9 Å². The summed E-state index contributed by atoms with van der Waals surface area (Å²) in [6.45, 7) is 2.21. The second kappa shape index (κ2) is 9.18. The van der Waals surface area contributed by atoms with Gasteiger partial charge in [0.15, 0.2) is 5.16 Å². The number of carbonyl (C=O) groups is 2. The lowest BCUT2D eigenvalue weighted by molar-refractivity contribution is -0.384. The van der Waals surface area contributed by atoms with Crippen LogP contribution in [0.25, 0.3) is 10.9 Å². The molecule has 1 heterocycles. The summed E-state index contributed by atoms with van der Waals surface area (Å²) in [5.74, 6) is -1.19. The van der Waals surface area contributed by atoms with Crippen molar-refractivity contribution in [2.45, 2.75) is 18.6 Å². The number of non-ortho nitro benzene ring substituents is 1. The van der Waals surface area contributed by atoms with E-state index in [4.69, 9.17) is 0 Å². The van der Waals surface area contributed by atoms with E-state index in [1.807, 2.05) is 6.92 Å². The number of benzene rings is 2. The maximum absolute atomic E-state index is 12.6. The molecular weight excluding hydrogens is 410 g/mol. The Balaban J connectivity index is 1.61. The van der Waals surface area contributed by atoms with Crippen molar-refractivity contribution in [3.63, 3.8) is 0 Å². The standard InChI is InChI=1S/C19H17N5O5S/c1-2-23-18(27)14-5-3-4-6-15(14)20-19(23)30-11-16(25)21-22-17(26)12-7-9-13(10-8-12)24(28)29/h3-10H,2,11H2,1H3,(H,21,25)(H,22,26). The number of nitrogens with zero attached hydrogens (tertiary/aromatic N) is 3. The minimum atomic E-state index is -0.613. The van der Waals surface area contributed by atoms with Crippen molar-refractivity contribution >= 4 is 40.2 Å². The fourth-order valence-corrected chi connectivity index (χ4v) is 3.50. The van der Waals surface area contributed by atoms with Gasteiger partial charge in [0.2, 0.25) is 5.91 Å². The van der Waals surface area contributed by atoms with Gasteiger partial charge in [-0.05, 0) is 31.2 Å². The van der Waals surface area contributed by atoms with E-state index >= 15 is 0 Å². The second-order valence-corrected chi connectivity index (χ2v) is 7.00. The largest absolute Gasteiger partial charge is 0.287 e. The molecule has 0 bridgehead atoms. The van der Waals surface area contributed by atoms with Gasteiger partial charge in [0.05, 0.1) is 21.6 Å². The molecule has 0 fully saturated rings. The maximum Gasteiger partial charge on any atom is 0.269 e. The van der Waals surface area contributed by atoms with E-state index in [-0.39, 0.29) is 22.6 Å². The molecule has 2 aromatic carbocycles. The van der Waals surface area contributed by atoms with E-state index in [1.54, 1.807) is 24.3 Å². The molecular formula is C19H17N5O5S. The minimum Gasteiger partial charge on any atom is -0.287 e. The monoisotopic (exact) mass is 427 g/mol. The van der Waals surface area contributed by atoms with E-state index in [0.717, 1.165) is 11.8 Å². The number of amides is 2. The summed E-state index contributed by atoms with van der Waals surface area (Å²) in [6.07, 6.45) is 0. The molecule has 3 rings (SSSR count). The third-order valence-electron chi connectivity index (χ3n) is 4.13. The van der Waals surface area contributed by atoms with Crippen LogP contribution in [0.15, 0.2) is 58.5 Å². The number of fused-ring (bicyclic) bond motifs is 1. The SMILES string of the molecule is CCn1c(SCC(=O)NNC(=O)c2ccc([N+](=O)[O-])cc2)nc2ccccc2c1=O. The third-order valence-corrected chi connectivity index (χ3v) is 5.11. The molecule has 0 aliphatic carbocycles. The number of rotatable bonds is 6. The third kappa shape index (κ3) is 4.63. The summed E-state index contributed by atoms with van der Waals surface area (Å²) in [5, 5.41) is 11.5. The topological polar surface area (TPSA) is 136 Å². The van der Waals surface area contributed by atoms with E-state index in [0.29, 0.717) is 22.6 Å². The maximum atomic E-state index is 12.6. The molecule has 1 aromatic heterocycles. The van der Waals surface area contributed by atoms with Crippen molar-refractivity contribution in [2.24, 2.45) is 0 Å². The van der Waals surface area contributed by atoms with Crippen LogP contribution in [0.1, 0.15) is 17.3 Å². The lowest BCUT2D eigenvalue weighted by Gasteiger charge is -2.11. The number of hydrogen-bond donors (Lipinski definition) is 2. The van der Waals surface area contributed by atoms with Gasteiger partial charge >= 0.3 is 0 Å². The van der Waals surface area contributed by atoms with Crippen molar-refractivity contribution in [3.8, 4) is 0 Å². The molecule has 0 atom stereocenters. The summed E-state index contributed by atoms with van der Waals surface area (Å²) in [5.41, 5.74) is 4.89. The number of carbonyl (C=O) groups excluding carboxylic acids is 2. The number of nitrogens with one attached hydrogen (secondary N) is 2. The Kier molecular flexibility index (Phi) is 6.42. The quantitative estimate of drug-likeness (QED) is 0.265. The molecule has 0 spiro atoms. The molecule has 154 valence electrons. The molecule has 30 heavy (non-hydrogen) atoms. The van der Waals surface area contributed by atoms with E-state index in [1.165, 1.54) is 28.8 Å². The van der Waals surface area contributed by atoms with Crippen LogP contribution < -0.4 is 16.4 Å². The van der Waals surface area contributed by atoms with Crippen LogP contribution in [0.3, 0.4) is 0 Å². The first kappa shape index (κ1) is 21.0. The predicted octanol–water partition coefficient (Wildman–Crippen LogP) is 1.88. The first-order valence-electron chi connectivity index (χ1n) is 8.86. The Morgan fingerprint density at radius 3 is 2.50 bits per heavy atom. The normalized spacial score (nSPS) is 10.6. The molecule has 0 saturated carbocycles. The zero-order valence-electron chi connectivity index (χ0n) is 15.8. The van der Waals surface area contributed by atoms with Gasteiger partial charge in [0, 0.05) is 24.2 Å². The molecule has 0 unspecified atom stereocenters. The van der Waals surface area contributed by atoms with E-state index in [2.05, 4.69) is 15.8 Å². The fraction of sp³-hybridized carbons (Fsp3) is 0.158. The van der Waals surface area contributed by atoms with Gasteiger partial charge in [-0.25, -0.2) is 4.98 Å². The highest BCUT2D eigenvalue weighted by Crippen LogP contribution is 2.17. The van der Waals surface area contributed by atoms with Crippen LogP contribution >= 0.6 is 11.8 Å². The Morgan fingerprint density at radius 2 is 1.83 bits per heavy atom. The van der Waals surface area contributed by atoms with Crippen LogP contribution in [0.2, 0.25) is 0 Å². The first-order chi connectivity index (χ1) is 14.4. The van der Waals surface area contributed by atoms with E-state index < -0.39 is 16.7 Å². The second-order valence-electron chi connectivity index (χ2n) is 6.06. The summed E-state index contributed by atoms with van der Waals surface area (Å²) >= 11 is 1.07. The van der Waals surface area contributed by atoms with Gasteiger partial charge in [0.1, 0.15) is 0 Å². The van der Waals surface area contributed by atoms with Gasteiger partial charge < -0.3 is 0 Å². The number of hydrogen-bond acceptors (Lipinski definition) is 7. The summed E-state index contributed by atoms with van der Waals surface area (Å²) in [4.78, 5) is 51.2. The Hall–Kier alpha value is -3.73. The zero-order chi connectivity index (χ0) is 21.7. The van der Waals surface area contributed by atoms with Crippen LogP contribution in [0.4, 0.5) is 5.69 Å². The number of nitro benzene ring substituents is 1. The van der Waals surface area contributed by atoms with Gasteiger partial charge in [0.25, 0.3) is 17.2 Å². The predicted molar refractivity (Wildman–Crippen MR) is 111 cm³/mol. The van der Waals surface area contributed by atoms with Crippen molar-refractivity contribution in [2.75, 3.05) is 5.75 Å². The van der Waals surface area contributed by atoms with Crippen LogP contribution in [0.5, 0.6) is 0 Å². The van der Waals surface area contributed by atoms with Crippen LogP contribution in [0, 0.1) is 10.1 Å². The average Bonchev–Trinajstić information content (AvgIpc) is 2.76. The van der Waals surface area contributed by atoms with Crippen LogP contribution in [-0.4, -0.2) is 32.0 Å². The first-order valence-corrected chi connectivity index (χ1v) is 9.85. The Morgan fingerprint density at radius 1 is 1.13 bits per heavy atom. The number of nitro groups is 1. The molecule has 10 nitrogen and oxygen atoms in total. The number of thioether (sulfide) groups is 1. The summed E-state index contributed by atoms with van der Waals surface area (Å²) < 4.78 is 1.48. The van der Waals surface area contributed by atoms with Gasteiger partial charge in [-0.3, -0.25) is 39.9 Å². The van der Waals surface area contributed by atoms with E-state index in [9.17, 15) is 24.5 Å². The minimum absolute atomic E-state index is 0.0781. The number of hydrazine groups is 1. The van der Waals surface area contributed by atoms with Crippen molar-refractivity contribution < 1.29 is 14.5 Å². The Bertz CT molecular complexity index is 1180. The smallest absolute Gasteiger partial charge is 0.269 e. The number of aromatic nitrogens is 2. The Labute approximate surface area is 174 Å². The molecule has 11 heteroatoms. The van der Waals surface area contributed by atoms with Crippen molar-refractivity contribution in [1.29, 1.82) is 0 Å². The molecule has 0 aliphatic heterocycles. The molecule has 2 amide bonds. The lowest BCUT2D eigenvalue weighted by atomic mass is 10.2. The van der Waals surface area contributed by atoms with Crippen molar-refractivity contribution in [3.05, 3.63) is 74.6 Å². The van der Waals surface area contributed by atoms with Gasteiger partial charge in [-0.2, -0.15) is 0 Å². The van der Waals surface area contributed by atoms with Crippen LogP contribution in [-0.2, 0) is 11.3 Å². The molecule has 3 aromatic rings. The molecule has 0 radical (unpaired) electrons. The molecule has 0 aliphatic rings. The molecule has 0 saturated heterocycles. The zero-order valence-corrected chi connectivity index (χ0v) is 16.6. The highest BCUT2D eigenvalue weighted by molar-refractivity contribution is 7.99. The fourth-order valence-electron chi connectivity index (χ4n) is 2.64. The summed E-state index contributed by atoms with van der Waals surface area (Å²) in [6, 6.07) is 11.9. The highest BCUT2D eigenvalue weighted by Gasteiger charge is 2.13. The molecule has 2 N–H and O–H groups in total.